The molecule has 4 aromatic rings. The van der Waals surface area contributed by atoms with Gasteiger partial charge in [0.05, 0.1) is 0 Å². The monoisotopic (exact) mass is 1670 g/mol. The van der Waals surface area contributed by atoms with Crippen LogP contribution >= 0.6 is 0 Å². The molecular formula is C70H70N34O18+2. The lowest BCUT2D eigenvalue weighted by Crippen LogP contribution is -2.63. The molecule has 626 valence electrons. The highest BCUT2D eigenvalue weighted by molar-refractivity contribution is 5.97. The molecule has 0 radical (unpaired) electrons. The number of aromatic nitrogens is 2. The second-order valence-electron chi connectivity index (χ2n) is 34.7. The van der Waals surface area contributed by atoms with Crippen LogP contribution in [-0.4, -0.2) is 469 Å². The van der Waals surface area contributed by atoms with E-state index in [0.717, 1.165) is 10.8 Å². The van der Waals surface area contributed by atoms with E-state index >= 15 is 76.7 Å². The standard InChI is InChI=1S/C48H48N32O16.C12H14N2.C10H8O2/c81-33-49-1-50-18-20-54(34(50)82)4-58-22-24-62(38(58)86)8-66-26-28-70(42(66)90)12-74-30-32-78(46(74)94)15-77-31-29-73(45(77)93)11-69-27-25-65(41(69)89)7-61-23-21-57(37(61)85)3-53(33)19-17(49)51-2-52(18)36(84)56(20)6-60(22)40(88)64(24)10-68(26)44(92)72(28)14-76(30)48(96)80(32)16-79(31)47(95)75(29)13-71(27)43(91)67(25)9-63(23)39(87)59(21)5-55(19)35(51)83;1-13-7-3-11(4-8-13)12-5-9-14(2)10-6-12;11-9-3-1-7-5-10(12)4-2-8(7)6-9/h17-32H,1-16H2;3-10H,1-2H3;1-6,11-12H/q;+2;. The number of phenolic OH excluding ortho intramolecular Hbond substituents is 2. The number of fused-ring (bicyclic) bond motifs is 1. The summed E-state index contributed by atoms with van der Waals surface area (Å²) in [6, 6.07) is 6.65. The van der Waals surface area contributed by atoms with Crippen LogP contribution < -0.4 is 9.13 Å². The van der Waals surface area contributed by atoms with Gasteiger partial charge in [0, 0.05) is 24.3 Å². The predicted molar refractivity (Wildman–Crippen MR) is 385 cm³/mol. The van der Waals surface area contributed by atoms with Crippen molar-refractivity contribution in [1.29, 1.82) is 0 Å². The minimum Gasteiger partial charge on any atom is -0.508 e. The lowest BCUT2D eigenvalue weighted by atomic mass is 10.1. The van der Waals surface area contributed by atoms with E-state index in [1.165, 1.54) is 168 Å². The van der Waals surface area contributed by atoms with Crippen LogP contribution in [-0.2, 0) is 14.1 Å². The van der Waals surface area contributed by atoms with Crippen molar-refractivity contribution in [3.8, 4) is 22.6 Å². The van der Waals surface area contributed by atoms with Gasteiger partial charge >= 0.3 is 96.5 Å². The van der Waals surface area contributed by atoms with Gasteiger partial charge in [-0.3, -0.25) is 157 Å². The summed E-state index contributed by atoms with van der Waals surface area (Å²) in [7, 11) is 4.05. The van der Waals surface area contributed by atoms with Gasteiger partial charge in [0.1, 0.15) is 132 Å². The van der Waals surface area contributed by atoms with Crippen LogP contribution in [0.1, 0.15) is 0 Å². The molecule has 52 heteroatoms. The summed E-state index contributed by atoms with van der Waals surface area (Å²) in [6.07, 6.45) is -12.2. The Hall–Kier alpha value is -15.1. The molecule has 24 fully saturated rings. The van der Waals surface area contributed by atoms with Crippen molar-refractivity contribution >= 4 is 107 Å². The molecule has 2 N–H and O–H groups in total. The van der Waals surface area contributed by atoms with Gasteiger partial charge in [-0.1, -0.05) is 12.1 Å². The number of carbonyl (C=O) groups is 16. The minimum absolute atomic E-state index is 0.244. The van der Waals surface area contributed by atoms with Crippen LogP contribution in [0.2, 0.25) is 0 Å². The number of rotatable bonds is 1. The summed E-state index contributed by atoms with van der Waals surface area (Å²) in [5.74, 6) is 0.487. The van der Waals surface area contributed by atoms with Crippen LogP contribution in [0.25, 0.3) is 21.9 Å². The van der Waals surface area contributed by atoms with Gasteiger partial charge in [-0.2, -0.15) is 0 Å². The quantitative estimate of drug-likeness (QED) is 0.170. The minimum atomic E-state index is -1.28. The molecular weight excluding hydrogens is 1600 g/mol. The number of pyridine rings is 2. The largest absolute Gasteiger partial charge is 0.508 e. The Bertz CT molecular complexity index is 4440. The van der Waals surface area contributed by atoms with E-state index in [-0.39, 0.29) is 11.5 Å². The maximum atomic E-state index is 15.5. The van der Waals surface area contributed by atoms with Gasteiger partial charge in [0.2, 0.25) is 0 Å². The molecule has 0 saturated carbocycles. The fourth-order valence-corrected chi connectivity index (χ4v) is 23.9. The SMILES string of the molecule is C[n+]1ccc(-c2cc[n+](C)cc2)cc1.O=C1N2CN3C(=O)N4CN5C(=O)N6CN7C(=O)N8CN9C(=O)N%10CN%11C(=O)N%12CN%13C(=O)N%14CN%15C(=O)N%16CN1C1C2N2CN%17C(=O)N(CN%18C(=O)N(CN%19C(=O)N(CN%20C(=O)N(CN%21C(=O)N(CN%22C(=O)N(CN%23C(=O)N(CN1C2=O)C%16C%15%23)C%14C%13%22)C%12C%11%21)C%10C9%20)C8C7%19)C6C5%18)C4C3%17.Oc1ccc2cc(O)ccc2c1. The Morgan fingerprint density at radius 1 is 0.189 bits per heavy atom. The van der Waals surface area contributed by atoms with Crippen molar-refractivity contribution in [3.63, 3.8) is 0 Å². The summed E-state index contributed by atoms with van der Waals surface area (Å²) in [6.45, 7) is -8.88. The summed E-state index contributed by atoms with van der Waals surface area (Å²) >= 11 is 0. The Labute approximate surface area is 685 Å². The summed E-state index contributed by atoms with van der Waals surface area (Å²) in [5, 5.41) is 20.1. The van der Waals surface area contributed by atoms with Gasteiger partial charge in [-0.05, 0) is 46.2 Å². The first-order valence-corrected chi connectivity index (χ1v) is 39.8. The predicted octanol–water partition coefficient (Wildman–Crippen LogP) is -4.30. The smallest absolute Gasteiger partial charge is 0.326 e. The van der Waals surface area contributed by atoms with Crippen molar-refractivity contribution in [2.45, 2.75) is 98.7 Å². The lowest BCUT2D eigenvalue weighted by Gasteiger charge is -2.42. The number of aryl methyl sites for hydroxylation is 2. The molecule has 52 nitrogen and oxygen atoms in total. The molecule has 32 amide bonds. The number of phenols is 2. The third-order valence-electron chi connectivity index (χ3n) is 29.2. The normalized spacial score (nSPS) is 33.9. The van der Waals surface area contributed by atoms with Crippen molar-refractivity contribution in [2.24, 2.45) is 14.1 Å². The van der Waals surface area contributed by atoms with Crippen molar-refractivity contribution in [1.82, 2.24) is 157 Å². The molecule has 24 aliphatic heterocycles. The topological polar surface area (TPSA) is 425 Å². The average molecular weight is 1680 g/mol. The van der Waals surface area contributed by atoms with Crippen molar-refractivity contribution < 1.29 is 96.1 Å². The highest BCUT2D eigenvalue weighted by Crippen LogP contribution is 2.54. The zero-order chi connectivity index (χ0) is 82.8. The van der Waals surface area contributed by atoms with Crippen LogP contribution in [0.15, 0.2) is 85.5 Å². The molecule has 0 atom stereocenters. The lowest BCUT2D eigenvalue weighted by molar-refractivity contribution is -0.671. The molecule has 2 aromatic carbocycles. The van der Waals surface area contributed by atoms with Gasteiger partial charge in [0.25, 0.3) is 0 Å². The molecule has 0 aliphatic carbocycles. The third kappa shape index (κ3) is 7.73. The van der Waals surface area contributed by atoms with E-state index in [0.29, 0.717) is 0 Å². The van der Waals surface area contributed by atoms with E-state index in [9.17, 15) is 0 Å². The number of benzene rings is 2. The van der Waals surface area contributed by atoms with Crippen LogP contribution in [0, 0.1) is 0 Å². The van der Waals surface area contributed by atoms with Crippen molar-refractivity contribution in [3.05, 3.63) is 85.5 Å². The summed E-state index contributed by atoms with van der Waals surface area (Å²) in [4.78, 5) is 289. The first-order valence-electron chi connectivity index (χ1n) is 39.8. The van der Waals surface area contributed by atoms with Crippen LogP contribution in [0.4, 0.5) is 76.7 Å². The van der Waals surface area contributed by atoms with Gasteiger partial charge < -0.3 is 10.2 Å². The highest BCUT2D eigenvalue weighted by Gasteiger charge is 2.78. The number of amides is 32. The first kappa shape index (κ1) is 67.9. The Balaban J connectivity index is 0.000000258. The maximum Gasteiger partial charge on any atom is 0.326 e. The van der Waals surface area contributed by atoms with Crippen molar-refractivity contribution in [2.75, 3.05) is 107 Å². The van der Waals surface area contributed by atoms with Gasteiger partial charge in [-0.15, -0.1) is 0 Å². The molecule has 122 heavy (non-hydrogen) atoms. The Morgan fingerprint density at radius 2 is 0.295 bits per heavy atom. The van der Waals surface area contributed by atoms with Gasteiger partial charge in [-0.25, -0.2) is 85.8 Å². The maximum absolute atomic E-state index is 15.5. The van der Waals surface area contributed by atoms with Crippen LogP contribution in [0.5, 0.6) is 11.5 Å². The molecule has 2 aromatic heterocycles. The Kier molecular flexibility index (Phi) is 12.2. The molecule has 26 heterocycles. The highest BCUT2D eigenvalue weighted by atomic mass is 16.3. The fourth-order valence-electron chi connectivity index (χ4n) is 23.9. The summed E-state index contributed by atoms with van der Waals surface area (Å²) < 4.78 is 4.07. The van der Waals surface area contributed by atoms with E-state index in [4.69, 9.17) is 10.2 Å². The zero-order valence-electron chi connectivity index (χ0n) is 64.3. The second-order valence-corrected chi connectivity index (χ2v) is 34.7. The molecule has 24 saturated heterocycles. The number of carbonyl (C=O) groups excluding carboxylic acids is 16. The van der Waals surface area contributed by atoms with E-state index in [1.807, 2.05) is 23.2 Å². The number of hydrogen-bond donors (Lipinski definition) is 2. The second kappa shape index (κ2) is 21.9. The van der Waals surface area contributed by atoms with Crippen LogP contribution in [0.3, 0.4) is 0 Å². The molecule has 24 aliphatic rings. The number of hydrogen-bond acceptors (Lipinski definition) is 18. The number of urea groups is 16. The number of nitrogens with zero attached hydrogens (tertiary/aromatic N) is 34. The number of aromatic hydroxyl groups is 2. The molecule has 28 rings (SSSR count). The molecule has 0 unspecified atom stereocenters. The van der Waals surface area contributed by atoms with Gasteiger partial charge in [0.15, 0.2) is 123 Å². The third-order valence-corrected chi connectivity index (χ3v) is 29.2. The average Bonchev–Trinajstić information content (AvgIpc) is 1.51. The van der Waals surface area contributed by atoms with E-state index in [1.54, 1.807) is 36.4 Å². The summed E-state index contributed by atoms with van der Waals surface area (Å²) in [5.41, 5.74) is 2.51. The fraction of sp³-hybridized carbons (Fsp3) is 0.486. The molecule has 0 bridgehead atoms. The zero-order valence-corrected chi connectivity index (χ0v) is 64.3. The van der Waals surface area contributed by atoms with E-state index in [2.05, 4.69) is 49.1 Å². The molecule has 0 spiro atoms. The Morgan fingerprint density at radius 3 is 0.402 bits per heavy atom. The first-order chi connectivity index (χ1) is 58.8. The van der Waals surface area contributed by atoms with E-state index < -0.39 is 302 Å².